The summed E-state index contributed by atoms with van der Waals surface area (Å²) in [6.45, 7) is 4.95. The van der Waals surface area contributed by atoms with E-state index in [-0.39, 0.29) is 17.4 Å². The number of rotatable bonds is 3. The number of nitrogens with two attached hydrogens (primary N) is 1. The Balaban J connectivity index is 1.73. The number of aromatic nitrogens is 2. The molecule has 2 heterocycles. The average molecular weight is 372 g/mol. The van der Waals surface area contributed by atoms with Gasteiger partial charge in [0.15, 0.2) is 5.82 Å². The molecule has 1 aromatic heterocycles. The lowest BCUT2D eigenvalue weighted by Crippen LogP contribution is -2.35. The summed E-state index contributed by atoms with van der Waals surface area (Å²) >= 11 is 0. The molecule has 2 saturated carbocycles. The second kappa shape index (κ2) is 5.44. The normalized spacial score (nSPS) is 24.0. The third-order valence-corrected chi connectivity index (χ3v) is 6.82. The van der Waals surface area contributed by atoms with Crippen molar-refractivity contribution in [2.24, 2.45) is 11.7 Å². The van der Waals surface area contributed by atoms with Gasteiger partial charge < -0.3 is 10.6 Å². The number of anilines is 1. The quantitative estimate of drug-likeness (QED) is 0.864. The molecule has 3 aliphatic rings. The Morgan fingerprint density at radius 3 is 2.48 bits per heavy atom. The van der Waals surface area contributed by atoms with Crippen molar-refractivity contribution in [3.05, 3.63) is 37.8 Å². The van der Waals surface area contributed by atoms with Crippen molar-refractivity contribution in [1.29, 1.82) is 0 Å². The standard InChI is InChI=1S/C20H25FN4O2/c1-10-14-16(25(13-3-4-13)19(27)23-18(14)26)11(2)17(15(10)21)24-8-5-12(9-24)20(22)6-7-20/h12-13H,3-9,22H2,1-2H3,(H,23,26,27). The van der Waals surface area contributed by atoms with Crippen LogP contribution in [0.3, 0.4) is 0 Å². The van der Waals surface area contributed by atoms with Crippen LogP contribution < -0.4 is 21.9 Å². The van der Waals surface area contributed by atoms with Crippen LogP contribution in [0.5, 0.6) is 0 Å². The predicted octanol–water partition coefficient (Wildman–Crippen LogP) is 2.10. The number of aromatic amines is 1. The zero-order valence-corrected chi connectivity index (χ0v) is 15.8. The highest BCUT2D eigenvalue weighted by Gasteiger charge is 2.48. The van der Waals surface area contributed by atoms with Gasteiger partial charge in [-0.15, -0.1) is 0 Å². The van der Waals surface area contributed by atoms with Crippen molar-refractivity contribution in [2.45, 2.75) is 57.5 Å². The van der Waals surface area contributed by atoms with E-state index in [1.807, 2.05) is 6.92 Å². The molecule has 0 bridgehead atoms. The number of halogens is 1. The third-order valence-electron chi connectivity index (χ3n) is 6.82. The third kappa shape index (κ3) is 2.40. The highest BCUT2D eigenvalue weighted by molar-refractivity contribution is 5.90. The van der Waals surface area contributed by atoms with Crippen LogP contribution in [0.2, 0.25) is 0 Å². The van der Waals surface area contributed by atoms with Crippen LogP contribution in [-0.4, -0.2) is 28.2 Å². The highest BCUT2D eigenvalue weighted by Crippen LogP contribution is 2.46. The van der Waals surface area contributed by atoms with E-state index in [0.717, 1.165) is 45.2 Å². The molecule has 1 atom stereocenters. The van der Waals surface area contributed by atoms with Crippen molar-refractivity contribution >= 4 is 16.6 Å². The molecule has 1 saturated heterocycles. The summed E-state index contributed by atoms with van der Waals surface area (Å²) in [7, 11) is 0. The van der Waals surface area contributed by atoms with Crippen LogP contribution in [0.25, 0.3) is 10.9 Å². The van der Waals surface area contributed by atoms with Gasteiger partial charge in [0.1, 0.15) is 0 Å². The lowest BCUT2D eigenvalue weighted by Gasteiger charge is -2.26. The number of nitrogens with one attached hydrogen (secondary N) is 1. The molecular weight excluding hydrogens is 347 g/mol. The molecule has 3 N–H and O–H groups in total. The molecule has 1 aliphatic heterocycles. The fourth-order valence-corrected chi connectivity index (χ4v) is 4.87. The summed E-state index contributed by atoms with van der Waals surface area (Å²) in [5, 5.41) is 0.300. The van der Waals surface area contributed by atoms with Crippen LogP contribution in [0.4, 0.5) is 10.1 Å². The van der Waals surface area contributed by atoms with Crippen LogP contribution in [-0.2, 0) is 0 Å². The molecule has 2 aliphatic carbocycles. The van der Waals surface area contributed by atoms with E-state index in [2.05, 4.69) is 9.88 Å². The maximum Gasteiger partial charge on any atom is 0.329 e. The number of nitrogens with zero attached hydrogens (tertiary/aromatic N) is 2. The van der Waals surface area contributed by atoms with Gasteiger partial charge in [-0.3, -0.25) is 14.3 Å². The maximum absolute atomic E-state index is 15.4. The summed E-state index contributed by atoms with van der Waals surface area (Å²) in [4.78, 5) is 29.4. The van der Waals surface area contributed by atoms with Crippen molar-refractivity contribution in [1.82, 2.24) is 9.55 Å². The number of aryl methyl sites for hydroxylation is 2. The minimum absolute atomic E-state index is 0.0850. The molecule has 6 nitrogen and oxygen atoms in total. The van der Waals surface area contributed by atoms with Crippen molar-refractivity contribution in [3.63, 3.8) is 0 Å². The summed E-state index contributed by atoms with van der Waals surface area (Å²) in [6, 6.07) is 0.0957. The van der Waals surface area contributed by atoms with Gasteiger partial charge in [-0.25, -0.2) is 9.18 Å². The summed E-state index contributed by atoms with van der Waals surface area (Å²) in [6.07, 6.45) is 4.86. The lowest BCUT2D eigenvalue weighted by atomic mass is 9.97. The van der Waals surface area contributed by atoms with E-state index < -0.39 is 11.2 Å². The van der Waals surface area contributed by atoms with E-state index in [0.29, 0.717) is 33.6 Å². The minimum atomic E-state index is -0.504. The molecule has 3 fully saturated rings. The van der Waals surface area contributed by atoms with Crippen LogP contribution in [0, 0.1) is 25.6 Å². The van der Waals surface area contributed by atoms with Crippen LogP contribution in [0.1, 0.15) is 49.3 Å². The molecular formula is C20H25FN4O2. The zero-order valence-electron chi connectivity index (χ0n) is 15.8. The Hall–Kier alpha value is -2.15. The van der Waals surface area contributed by atoms with Gasteiger partial charge >= 0.3 is 5.69 Å². The Labute approximate surface area is 156 Å². The number of fused-ring (bicyclic) bond motifs is 1. The summed E-state index contributed by atoms with van der Waals surface area (Å²) in [5.41, 5.74) is 7.54. The van der Waals surface area contributed by atoms with Gasteiger partial charge in [0.2, 0.25) is 0 Å². The summed E-state index contributed by atoms with van der Waals surface area (Å²) in [5.74, 6) is 0.0196. The van der Waals surface area contributed by atoms with Gasteiger partial charge in [0.05, 0.1) is 16.6 Å². The van der Waals surface area contributed by atoms with Crippen LogP contribution in [0.15, 0.2) is 9.59 Å². The first-order chi connectivity index (χ1) is 12.8. The number of hydrogen-bond donors (Lipinski definition) is 2. The van der Waals surface area contributed by atoms with E-state index in [4.69, 9.17) is 5.73 Å². The second-order valence-electron chi connectivity index (χ2n) is 8.66. The predicted molar refractivity (Wildman–Crippen MR) is 103 cm³/mol. The molecule has 2 aromatic rings. The average Bonchev–Trinajstić information content (AvgIpc) is 3.53. The number of H-pyrrole nitrogens is 1. The van der Waals surface area contributed by atoms with Crippen LogP contribution >= 0.6 is 0 Å². The van der Waals surface area contributed by atoms with E-state index in [1.165, 1.54) is 0 Å². The van der Waals surface area contributed by atoms with Gasteiger partial charge in [-0.2, -0.15) is 0 Å². The topological polar surface area (TPSA) is 84.1 Å². The van der Waals surface area contributed by atoms with Crippen molar-refractivity contribution < 1.29 is 4.39 Å². The van der Waals surface area contributed by atoms with Crippen molar-refractivity contribution in [3.8, 4) is 0 Å². The Kier molecular flexibility index (Phi) is 3.42. The minimum Gasteiger partial charge on any atom is -0.369 e. The van der Waals surface area contributed by atoms with E-state index >= 15 is 4.39 Å². The smallest absolute Gasteiger partial charge is 0.329 e. The first-order valence-electron chi connectivity index (χ1n) is 9.83. The first kappa shape index (κ1) is 17.0. The lowest BCUT2D eigenvalue weighted by molar-refractivity contribution is 0.442. The molecule has 0 amide bonds. The van der Waals surface area contributed by atoms with E-state index in [1.54, 1.807) is 11.5 Å². The Bertz CT molecular complexity index is 1080. The molecule has 1 unspecified atom stereocenters. The highest BCUT2D eigenvalue weighted by atomic mass is 19.1. The Morgan fingerprint density at radius 1 is 1.15 bits per heavy atom. The molecule has 1 aromatic carbocycles. The molecule has 5 rings (SSSR count). The molecule has 27 heavy (non-hydrogen) atoms. The number of benzene rings is 1. The van der Waals surface area contributed by atoms with Crippen molar-refractivity contribution in [2.75, 3.05) is 18.0 Å². The van der Waals surface area contributed by atoms with Gasteiger partial charge in [-0.05, 0) is 51.9 Å². The van der Waals surface area contributed by atoms with E-state index in [9.17, 15) is 9.59 Å². The largest absolute Gasteiger partial charge is 0.369 e. The number of hydrogen-bond acceptors (Lipinski definition) is 4. The van der Waals surface area contributed by atoms with Gasteiger partial charge in [-0.1, -0.05) is 0 Å². The fourth-order valence-electron chi connectivity index (χ4n) is 4.87. The molecule has 0 spiro atoms. The molecule has 144 valence electrons. The monoisotopic (exact) mass is 372 g/mol. The first-order valence-corrected chi connectivity index (χ1v) is 9.83. The Morgan fingerprint density at radius 2 is 1.85 bits per heavy atom. The summed E-state index contributed by atoms with van der Waals surface area (Å²) < 4.78 is 17.1. The second-order valence-corrected chi connectivity index (χ2v) is 8.66. The van der Waals surface area contributed by atoms with Gasteiger partial charge in [0.25, 0.3) is 5.56 Å². The maximum atomic E-state index is 15.4. The molecule has 0 radical (unpaired) electrons. The fraction of sp³-hybridized carbons (Fsp3) is 0.600. The molecule has 7 heteroatoms. The zero-order chi connectivity index (χ0) is 19.1. The SMILES string of the molecule is Cc1c(F)c(N2CCC(C3(N)CC3)C2)c(C)c2c1c(=O)[nH]c(=O)n2C1CC1. The van der Waals surface area contributed by atoms with Gasteiger partial charge in [0, 0.05) is 35.8 Å².